The molecule has 1 heterocycles. The summed E-state index contributed by atoms with van der Waals surface area (Å²) >= 11 is 0. The number of furan rings is 1. The van der Waals surface area contributed by atoms with Crippen LogP contribution in [0.4, 0.5) is 11.4 Å². The van der Waals surface area contributed by atoms with E-state index in [9.17, 15) is 9.59 Å². The van der Waals surface area contributed by atoms with Crippen LogP contribution in [0.3, 0.4) is 0 Å². The highest BCUT2D eigenvalue weighted by atomic mass is 16.3. The summed E-state index contributed by atoms with van der Waals surface area (Å²) in [5, 5.41) is 14.2. The second-order valence-corrected chi connectivity index (χ2v) is 5.15. The molecule has 3 aromatic rings. The Balaban J connectivity index is 1.64. The van der Waals surface area contributed by atoms with Crippen LogP contribution < -0.4 is 10.6 Å². The fourth-order valence-corrected chi connectivity index (χ4v) is 2.14. The molecule has 6 heteroatoms. The van der Waals surface area contributed by atoms with Gasteiger partial charge in [-0.1, -0.05) is 0 Å². The Hall–Kier alpha value is -3.85. The lowest BCUT2D eigenvalue weighted by Crippen LogP contribution is -2.13. The number of nitriles is 1. The van der Waals surface area contributed by atoms with E-state index in [1.165, 1.54) is 6.26 Å². The lowest BCUT2D eigenvalue weighted by Gasteiger charge is -2.07. The normalized spacial score (nSPS) is 9.88. The van der Waals surface area contributed by atoms with E-state index in [0.717, 1.165) is 0 Å². The van der Waals surface area contributed by atoms with Crippen molar-refractivity contribution in [2.24, 2.45) is 0 Å². The van der Waals surface area contributed by atoms with Crippen LogP contribution in [-0.2, 0) is 0 Å². The van der Waals surface area contributed by atoms with Crippen LogP contribution in [0.5, 0.6) is 0 Å². The third kappa shape index (κ3) is 3.92. The Morgan fingerprint density at radius 1 is 0.840 bits per heavy atom. The third-order valence-electron chi connectivity index (χ3n) is 3.42. The van der Waals surface area contributed by atoms with Crippen LogP contribution in [0.2, 0.25) is 0 Å². The van der Waals surface area contributed by atoms with Gasteiger partial charge in [-0.15, -0.1) is 0 Å². The fraction of sp³-hybridized carbons (Fsp3) is 0. The van der Waals surface area contributed by atoms with E-state index in [0.29, 0.717) is 22.5 Å². The number of carbonyl (C=O) groups is 2. The fourth-order valence-electron chi connectivity index (χ4n) is 2.14. The van der Waals surface area contributed by atoms with Gasteiger partial charge in [0.1, 0.15) is 0 Å². The number of anilines is 2. The molecule has 2 N–H and O–H groups in total. The molecule has 0 saturated carbocycles. The minimum atomic E-state index is -0.361. The zero-order valence-corrected chi connectivity index (χ0v) is 13.0. The number of nitrogens with one attached hydrogen (secondary N) is 2. The van der Waals surface area contributed by atoms with Crippen LogP contribution in [0.15, 0.2) is 71.3 Å². The molecule has 0 unspecified atom stereocenters. The van der Waals surface area contributed by atoms with E-state index in [-0.39, 0.29) is 17.6 Å². The molecule has 122 valence electrons. The van der Waals surface area contributed by atoms with Gasteiger partial charge in [0.2, 0.25) is 0 Å². The zero-order chi connectivity index (χ0) is 17.6. The molecule has 0 saturated heterocycles. The highest BCUT2D eigenvalue weighted by molar-refractivity contribution is 6.05. The first-order chi connectivity index (χ1) is 12.2. The number of carbonyl (C=O) groups excluding carboxylic acids is 2. The van der Waals surface area contributed by atoms with Gasteiger partial charge >= 0.3 is 0 Å². The van der Waals surface area contributed by atoms with Gasteiger partial charge in [0.15, 0.2) is 5.76 Å². The molecule has 6 nitrogen and oxygen atoms in total. The van der Waals surface area contributed by atoms with Crippen molar-refractivity contribution in [1.82, 2.24) is 0 Å². The van der Waals surface area contributed by atoms with Gasteiger partial charge in [-0.2, -0.15) is 5.26 Å². The Morgan fingerprint density at radius 2 is 1.44 bits per heavy atom. The Bertz CT molecular complexity index is 922. The van der Waals surface area contributed by atoms with Gasteiger partial charge in [0, 0.05) is 16.9 Å². The molecule has 3 rings (SSSR count). The van der Waals surface area contributed by atoms with Crippen LogP contribution >= 0.6 is 0 Å². The van der Waals surface area contributed by atoms with Crippen molar-refractivity contribution < 1.29 is 14.0 Å². The summed E-state index contributed by atoms with van der Waals surface area (Å²) in [6, 6.07) is 18.3. The largest absolute Gasteiger partial charge is 0.459 e. The number of benzene rings is 2. The van der Waals surface area contributed by atoms with Gasteiger partial charge in [-0.25, -0.2) is 0 Å². The molecule has 2 aromatic carbocycles. The monoisotopic (exact) mass is 331 g/mol. The first-order valence-electron chi connectivity index (χ1n) is 7.42. The summed E-state index contributed by atoms with van der Waals surface area (Å²) in [5.41, 5.74) is 2.12. The second kappa shape index (κ2) is 7.15. The van der Waals surface area contributed by atoms with Crippen molar-refractivity contribution in [3.8, 4) is 6.07 Å². The number of rotatable bonds is 4. The Labute approximate surface area is 143 Å². The first kappa shape index (κ1) is 16.0. The SMILES string of the molecule is N#Cc1ccc(NC(=O)c2ccc(NC(=O)c3ccco3)cc2)cc1. The summed E-state index contributed by atoms with van der Waals surface area (Å²) < 4.78 is 5.02. The van der Waals surface area contributed by atoms with E-state index in [4.69, 9.17) is 9.68 Å². The number of hydrogen-bond acceptors (Lipinski definition) is 4. The number of amides is 2. The highest BCUT2D eigenvalue weighted by Gasteiger charge is 2.10. The summed E-state index contributed by atoms with van der Waals surface area (Å²) in [5.74, 6) is -0.434. The molecular weight excluding hydrogens is 318 g/mol. The maximum Gasteiger partial charge on any atom is 0.291 e. The predicted molar refractivity (Wildman–Crippen MR) is 92.2 cm³/mol. The summed E-state index contributed by atoms with van der Waals surface area (Å²) in [6.07, 6.45) is 1.42. The zero-order valence-electron chi connectivity index (χ0n) is 13.0. The van der Waals surface area contributed by atoms with E-state index in [2.05, 4.69) is 10.6 Å². The van der Waals surface area contributed by atoms with Gasteiger partial charge in [0.25, 0.3) is 11.8 Å². The molecule has 25 heavy (non-hydrogen) atoms. The maximum atomic E-state index is 12.2. The van der Waals surface area contributed by atoms with Crippen LogP contribution in [0, 0.1) is 11.3 Å². The lowest BCUT2D eigenvalue weighted by molar-refractivity contribution is 0.0995. The van der Waals surface area contributed by atoms with Crippen molar-refractivity contribution in [1.29, 1.82) is 5.26 Å². The first-order valence-corrected chi connectivity index (χ1v) is 7.42. The van der Waals surface area contributed by atoms with Crippen molar-refractivity contribution in [2.75, 3.05) is 10.6 Å². The van der Waals surface area contributed by atoms with E-state index in [1.807, 2.05) is 6.07 Å². The molecule has 0 aliphatic carbocycles. The Morgan fingerprint density at radius 3 is 2.00 bits per heavy atom. The van der Waals surface area contributed by atoms with Crippen LogP contribution in [0.1, 0.15) is 26.5 Å². The van der Waals surface area contributed by atoms with E-state index >= 15 is 0 Å². The van der Waals surface area contributed by atoms with Crippen LogP contribution in [-0.4, -0.2) is 11.8 Å². The molecule has 0 atom stereocenters. The minimum absolute atomic E-state index is 0.211. The van der Waals surface area contributed by atoms with Gasteiger partial charge in [-0.3, -0.25) is 9.59 Å². The standard InChI is InChI=1S/C19H13N3O3/c20-12-13-3-7-15(8-4-13)21-18(23)14-5-9-16(10-6-14)22-19(24)17-2-1-11-25-17/h1-11H,(H,21,23)(H,22,24). The van der Waals surface area contributed by atoms with Crippen molar-refractivity contribution in [2.45, 2.75) is 0 Å². The maximum absolute atomic E-state index is 12.2. The average molecular weight is 331 g/mol. The molecule has 0 spiro atoms. The molecule has 0 aliphatic heterocycles. The predicted octanol–water partition coefficient (Wildman–Crippen LogP) is 3.66. The summed E-state index contributed by atoms with van der Waals surface area (Å²) in [7, 11) is 0. The van der Waals surface area contributed by atoms with Gasteiger partial charge in [-0.05, 0) is 60.7 Å². The molecule has 1 aromatic heterocycles. The Kier molecular flexibility index (Phi) is 4.58. The molecule has 2 amide bonds. The highest BCUT2D eigenvalue weighted by Crippen LogP contribution is 2.14. The molecule has 0 radical (unpaired) electrons. The molecule has 0 fully saturated rings. The van der Waals surface area contributed by atoms with Gasteiger partial charge < -0.3 is 15.1 Å². The van der Waals surface area contributed by atoms with Crippen LogP contribution in [0.25, 0.3) is 0 Å². The van der Waals surface area contributed by atoms with E-state index in [1.54, 1.807) is 60.7 Å². The minimum Gasteiger partial charge on any atom is -0.459 e. The number of nitrogens with zero attached hydrogens (tertiary/aromatic N) is 1. The van der Waals surface area contributed by atoms with Crippen molar-refractivity contribution in [3.63, 3.8) is 0 Å². The quantitative estimate of drug-likeness (QED) is 0.762. The smallest absolute Gasteiger partial charge is 0.291 e. The van der Waals surface area contributed by atoms with E-state index < -0.39 is 0 Å². The average Bonchev–Trinajstić information content (AvgIpc) is 3.18. The van der Waals surface area contributed by atoms with Crippen molar-refractivity contribution >= 4 is 23.2 Å². The second-order valence-electron chi connectivity index (χ2n) is 5.15. The van der Waals surface area contributed by atoms with Gasteiger partial charge in [0.05, 0.1) is 17.9 Å². The third-order valence-corrected chi connectivity index (χ3v) is 3.42. The van der Waals surface area contributed by atoms with Crippen molar-refractivity contribution in [3.05, 3.63) is 83.8 Å². The number of hydrogen-bond donors (Lipinski definition) is 2. The lowest BCUT2D eigenvalue weighted by atomic mass is 10.1. The molecular formula is C19H13N3O3. The molecule has 0 bridgehead atoms. The summed E-state index contributed by atoms with van der Waals surface area (Å²) in [6.45, 7) is 0. The summed E-state index contributed by atoms with van der Waals surface area (Å²) in [4.78, 5) is 24.1. The topological polar surface area (TPSA) is 95.1 Å². The molecule has 0 aliphatic rings.